The molecule has 6 nitrogen and oxygen atoms in total. The normalized spacial score (nSPS) is 9.68. The van der Waals surface area contributed by atoms with Gasteiger partial charge in [-0.15, -0.1) is 0 Å². The minimum atomic E-state index is -0.998. The van der Waals surface area contributed by atoms with Crippen molar-refractivity contribution in [2.24, 2.45) is 5.73 Å². The number of benzene rings is 1. The lowest BCUT2D eigenvalue weighted by Gasteiger charge is -2.05. The zero-order valence-corrected chi connectivity index (χ0v) is 10.5. The van der Waals surface area contributed by atoms with E-state index < -0.39 is 11.8 Å². The Morgan fingerprint density at radius 3 is 2.37 bits per heavy atom. The number of nitrogens with two attached hydrogens (primary N) is 1. The number of para-hydroxylation sites is 1. The number of carbonyl (C=O) groups is 3. The monoisotopic (exact) mass is 263 g/mol. The summed E-state index contributed by atoms with van der Waals surface area (Å²) in [6.07, 6.45) is 1.60. The third kappa shape index (κ3) is 6.21. The van der Waals surface area contributed by atoms with Crippen LogP contribution in [0.3, 0.4) is 0 Å². The molecule has 0 heterocycles. The number of hydrogen-bond acceptors (Lipinski definition) is 3. The van der Waals surface area contributed by atoms with Gasteiger partial charge in [-0.05, 0) is 25.0 Å². The van der Waals surface area contributed by atoms with Crippen molar-refractivity contribution in [1.29, 1.82) is 0 Å². The van der Waals surface area contributed by atoms with Crippen molar-refractivity contribution in [3.05, 3.63) is 30.3 Å². The minimum Gasteiger partial charge on any atom is -0.361 e. The van der Waals surface area contributed by atoms with Gasteiger partial charge in [0.15, 0.2) is 0 Å². The van der Waals surface area contributed by atoms with Crippen molar-refractivity contribution in [2.45, 2.75) is 19.3 Å². The Morgan fingerprint density at radius 2 is 1.74 bits per heavy atom. The molecule has 0 radical (unpaired) electrons. The summed E-state index contributed by atoms with van der Waals surface area (Å²) in [5.74, 6) is -1.87. The molecule has 0 saturated carbocycles. The number of unbranched alkanes of at least 4 members (excludes halogenated alkanes) is 1. The van der Waals surface area contributed by atoms with Crippen LogP contribution in [0.15, 0.2) is 30.3 Å². The fraction of sp³-hybridized carbons (Fsp3) is 0.308. The highest BCUT2D eigenvalue weighted by Crippen LogP contribution is 2.06. The van der Waals surface area contributed by atoms with E-state index in [9.17, 15) is 14.4 Å². The maximum atomic E-state index is 11.5. The van der Waals surface area contributed by atoms with E-state index in [0.717, 1.165) is 5.69 Å². The molecular formula is C13H17N3O3. The first-order valence-corrected chi connectivity index (χ1v) is 6.02. The van der Waals surface area contributed by atoms with E-state index in [-0.39, 0.29) is 5.91 Å². The standard InChI is InChI=1S/C13H17N3O3/c14-12(18)13(19)15-9-5-4-8-11(17)16-10-6-2-1-3-7-10/h1-3,6-7H,4-5,8-9H2,(H2,14,18)(H,15,19)(H,16,17). The van der Waals surface area contributed by atoms with E-state index in [2.05, 4.69) is 10.6 Å². The van der Waals surface area contributed by atoms with Gasteiger partial charge in [0.2, 0.25) is 5.91 Å². The summed E-state index contributed by atoms with van der Waals surface area (Å²) >= 11 is 0. The Hall–Kier alpha value is -2.37. The van der Waals surface area contributed by atoms with E-state index in [1.807, 2.05) is 30.3 Å². The predicted octanol–water partition coefficient (Wildman–Crippen LogP) is 0.397. The Bertz CT molecular complexity index is 446. The first-order chi connectivity index (χ1) is 9.09. The molecule has 0 unspecified atom stereocenters. The van der Waals surface area contributed by atoms with E-state index in [1.54, 1.807) is 0 Å². The topological polar surface area (TPSA) is 101 Å². The Kier molecular flexibility index (Phi) is 6.08. The van der Waals surface area contributed by atoms with Crippen LogP contribution in [0.1, 0.15) is 19.3 Å². The van der Waals surface area contributed by atoms with E-state index >= 15 is 0 Å². The Labute approximate surface area is 111 Å². The second-order valence-corrected chi connectivity index (χ2v) is 3.99. The fourth-order valence-electron chi connectivity index (χ4n) is 1.44. The smallest absolute Gasteiger partial charge is 0.309 e. The van der Waals surface area contributed by atoms with Gasteiger partial charge in [0.1, 0.15) is 0 Å². The van der Waals surface area contributed by atoms with Crippen LogP contribution in [0.4, 0.5) is 5.69 Å². The highest BCUT2D eigenvalue weighted by Gasteiger charge is 2.07. The molecule has 19 heavy (non-hydrogen) atoms. The Balaban J connectivity index is 2.11. The van der Waals surface area contributed by atoms with Crippen LogP contribution in [0.25, 0.3) is 0 Å². The number of rotatable bonds is 6. The molecule has 102 valence electrons. The zero-order valence-electron chi connectivity index (χ0n) is 10.5. The van der Waals surface area contributed by atoms with Gasteiger partial charge in [-0.2, -0.15) is 0 Å². The van der Waals surface area contributed by atoms with E-state index in [4.69, 9.17) is 5.73 Å². The number of anilines is 1. The zero-order chi connectivity index (χ0) is 14.1. The molecule has 0 saturated heterocycles. The number of hydrogen-bond donors (Lipinski definition) is 3. The van der Waals surface area contributed by atoms with Crippen molar-refractivity contribution < 1.29 is 14.4 Å². The molecule has 0 spiro atoms. The molecule has 0 aliphatic carbocycles. The van der Waals surface area contributed by atoms with Crippen LogP contribution in [-0.2, 0) is 14.4 Å². The van der Waals surface area contributed by atoms with Crippen LogP contribution >= 0.6 is 0 Å². The van der Waals surface area contributed by atoms with Crippen molar-refractivity contribution in [3.63, 3.8) is 0 Å². The summed E-state index contributed by atoms with van der Waals surface area (Å²) in [5.41, 5.74) is 5.53. The number of carbonyl (C=O) groups excluding carboxylic acids is 3. The predicted molar refractivity (Wildman–Crippen MR) is 71.1 cm³/mol. The average Bonchev–Trinajstić information content (AvgIpc) is 2.39. The number of nitrogens with one attached hydrogen (secondary N) is 2. The van der Waals surface area contributed by atoms with Gasteiger partial charge < -0.3 is 16.4 Å². The van der Waals surface area contributed by atoms with Gasteiger partial charge in [0, 0.05) is 18.7 Å². The highest BCUT2D eigenvalue weighted by atomic mass is 16.2. The van der Waals surface area contributed by atoms with Gasteiger partial charge >= 0.3 is 11.8 Å². The van der Waals surface area contributed by atoms with Gasteiger partial charge in [0.25, 0.3) is 0 Å². The van der Waals surface area contributed by atoms with Crippen molar-refractivity contribution in [3.8, 4) is 0 Å². The summed E-state index contributed by atoms with van der Waals surface area (Å²) < 4.78 is 0. The largest absolute Gasteiger partial charge is 0.361 e. The van der Waals surface area contributed by atoms with Gasteiger partial charge in [-0.25, -0.2) is 0 Å². The quantitative estimate of drug-likeness (QED) is 0.511. The van der Waals surface area contributed by atoms with Crippen molar-refractivity contribution in [1.82, 2.24) is 5.32 Å². The molecule has 6 heteroatoms. The van der Waals surface area contributed by atoms with E-state index in [0.29, 0.717) is 25.8 Å². The van der Waals surface area contributed by atoms with Gasteiger partial charge in [0.05, 0.1) is 0 Å². The molecule has 0 fully saturated rings. The van der Waals surface area contributed by atoms with Crippen LogP contribution in [0, 0.1) is 0 Å². The summed E-state index contributed by atoms with van der Waals surface area (Å²) in [6, 6.07) is 9.18. The van der Waals surface area contributed by atoms with Crippen molar-refractivity contribution >= 4 is 23.4 Å². The summed E-state index contributed by atoms with van der Waals surface area (Å²) in [6.45, 7) is 0.334. The average molecular weight is 263 g/mol. The van der Waals surface area contributed by atoms with Crippen LogP contribution in [-0.4, -0.2) is 24.3 Å². The molecule has 1 rings (SSSR count). The van der Waals surface area contributed by atoms with Gasteiger partial charge in [-0.1, -0.05) is 18.2 Å². The Morgan fingerprint density at radius 1 is 1.05 bits per heavy atom. The first-order valence-electron chi connectivity index (χ1n) is 6.02. The summed E-state index contributed by atoms with van der Waals surface area (Å²) in [7, 11) is 0. The summed E-state index contributed by atoms with van der Waals surface area (Å²) in [4.78, 5) is 32.8. The maximum absolute atomic E-state index is 11.5. The number of primary amides is 1. The molecule has 0 bridgehead atoms. The van der Waals surface area contributed by atoms with E-state index in [1.165, 1.54) is 0 Å². The molecule has 3 amide bonds. The van der Waals surface area contributed by atoms with Crippen LogP contribution in [0.5, 0.6) is 0 Å². The third-order valence-corrected chi connectivity index (χ3v) is 2.40. The molecular weight excluding hydrogens is 246 g/mol. The molecule has 1 aromatic rings. The second kappa shape index (κ2) is 7.86. The molecule has 0 atom stereocenters. The number of amides is 3. The van der Waals surface area contributed by atoms with Crippen molar-refractivity contribution in [2.75, 3.05) is 11.9 Å². The third-order valence-electron chi connectivity index (χ3n) is 2.40. The fourth-order valence-corrected chi connectivity index (χ4v) is 1.44. The lowest BCUT2D eigenvalue weighted by Crippen LogP contribution is -2.36. The lowest BCUT2D eigenvalue weighted by molar-refractivity contribution is -0.137. The molecule has 1 aromatic carbocycles. The van der Waals surface area contributed by atoms with Crippen LogP contribution in [0.2, 0.25) is 0 Å². The molecule has 4 N–H and O–H groups in total. The molecule has 0 aromatic heterocycles. The highest BCUT2D eigenvalue weighted by molar-refractivity contribution is 6.34. The molecule has 0 aliphatic heterocycles. The second-order valence-electron chi connectivity index (χ2n) is 3.99. The maximum Gasteiger partial charge on any atom is 0.309 e. The van der Waals surface area contributed by atoms with Crippen LogP contribution < -0.4 is 16.4 Å². The first kappa shape index (κ1) is 14.7. The van der Waals surface area contributed by atoms with Gasteiger partial charge in [-0.3, -0.25) is 14.4 Å². The SMILES string of the molecule is NC(=O)C(=O)NCCCCC(=O)Nc1ccccc1. The summed E-state index contributed by atoms with van der Waals surface area (Å²) in [5, 5.41) is 5.12. The minimum absolute atomic E-state index is 0.0765. The molecule has 0 aliphatic rings. The lowest BCUT2D eigenvalue weighted by atomic mass is 10.2.